The smallest absolute Gasteiger partial charge is 0.297 e. The summed E-state index contributed by atoms with van der Waals surface area (Å²) in [6.07, 6.45) is 1.55. The number of aryl methyl sites for hydroxylation is 1. The lowest BCUT2D eigenvalue weighted by Gasteiger charge is -2.22. The molecule has 2 aromatic carbocycles. The van der Waals surface area contributed by atoms with Gasteiger partial charge in [-0.2, -0.15) is 0 Å². The van der Waals surface area contributed by atoms with Gasteiger partial charge >= 0.3 is 0 Å². The van der Waals surface area contributed by atoms with Gasteiger partial charge in [-0.15, -0.1) is 10.2 Å². The van der Waals surface area contributed by atoms with Gasteiger partial charge in [-0.05, 0) is 48.7 Å². The molecule has 5 rings (SSSR count). The molecule has 4 aromatic rings. The number of anilines is 1. The Hall–Kier alpha value is -3.23. The highest BCUT2D eigenvalue weighted by molar-refractivity contribution is 7.15. The number of carbonyl (C=O) groups is 1. The van der Waals surface area contributed by atoms with Crippen molar-refractivity contribution in [3.05, 3.63) is 79.6 Å². The van der Waals surface area contributed by atoms with Crippen LogP contribution in [0.25, 0.3) is 11.0 Å². The molecule has 1 atom stereocenters. The zero-order valence-electron chi connectivity index (χ0n) is 18.0. The van der Waals surface area contributed by atoms with E-state index in [0.717, 1.165) is 17.0 Å². The molecule has 1 amide bonds. The van der Waals surface area contributed by atoms with Crippen LogP contribution in [-0.2, 0) is 6.42 Å². The maximum Gasteiger partial charge on any atom is 0.297 e. The Labute approximate surface area is 198 Å². The van der Waals surface area contributed by atoms with E-state index in [0.29, 0.717) is 39.9 Å². The average molecular weight is 482 g/mol. The minimum absolute atomic E-state index is 0.00736. The Morgan fingerprint density at radius 2 is 2.00 bits per heavy atom. The highest BCUT2D eigenvalue weighted by Crippen LogP contribution is 2.42. The third-order valence-corrected chi connectivity index (χ3v) is 6.75. The summed E-state index contributed by atoms with van der Waals surface area (Å²) in [6, 6.07) is 11.5. The number of benzene rings is 2. The number of halogens is 1. The van der Waals surface area contributed by atoms with E-state index in [1.807, 2.05) is 38.1 Å². The Balaban J connectivity index is 1.75. The van der Waals surface area contributed by atoms with Gasteiger partial charge < -0.3 is 9.15 Å². The molecule has 9 heteroatoms. The molecule has 0 radical (unpaired) electrons. The van der Waals surface area contributed by atoms with Gasteiger partial charge in [0.25, 0.3) is 5.91 Å². The highest BCUT2D eigenvalue weighted by atomic mass is 35.5. The van der Waals surface area contributed by atoms with Crippen molar-refractivity contribution < 1.29 is 13.9 Å². The van der Waals surface area contributed by atoms with Crippen LogP contribution in [0.3, 0.4) is 0 Å². The van der Waals surface area contributed by atoms with Gasteiger partial charge in [-0.3, -0.25) is 14.5 Å². The summed E-state index contributed by atoms with van der Waals surface area (Å²) in [5.74, 6) is 0.241. The van der Waals surface area contributed by atoms with Crippen LogP contribution >= 0.6 is 22.9 Å². The number of hydrogen-bond acceptors (Lipinski definition) is 7. The molecule has 0 bridgehead atoms. The van der Waals surface area contributed by atoms with Crippen molar-refractivity contribution in [3.8, 4) is 5.75 Å². The van der Waals surface area contributed by atoms with E-state index >= 15 is 0 Å². The summed E-state index contributed by atoms with van der Waals surface area (Å²) in [4.78, 5) is 28.7. The summed E-state index contributed by atoms with van der Waals surface area (Å²) in [7, 11) is 0. The van der Waals surface area contributed by atoms with Crippen LogP contribution in [0.15, 0.2) is 51.7 Å². The monoisotopic (exact) mass is 481 g/mol. The van der Waals surface area contributed by atoms with Crippen molar-refractivity contribution >= 4 is 44.9 Å². The van der Waals surface area contributed by atoms with Crippen LogP contribution in [0.2, 0.25) is 5.02 Å². The summed E-state index contributed by atoms with van der Waals surface area (Å²) < 4.78 is 11.8. The lowest BCUT2D eigenvalue weighted by atomic mass is 9.98. The fourth-order valence-electron chi connectivity index (χ4n) is 3.94. The fourth-order valence-corrected chi connectivity index (χ4v) is 4.91. The molecule has 0 N–H and O–H groups in total. The molecule has 1 aliphatic heterocycles. The first-order chi connectivity index (χ1) is 16.0. The van der Waals surface area contributed by atoms with Crippen molar-refractivity contribution in [3.63, 3.8) is 0 Å². The summed E-state index contributed by atoms with van der Waals surface area (Å²) in [6.45, 7) is 4.56. The number of carbonyl (C=O) groups excluding carboxylic acids is 1. The minimum atomic E-state index is -0.727. The third-order valence-electron chi connectivity index (χ3n) is 5.44. The molecule has 0 spiro atoms. The lowest BCUT2D eigenvalue weighted by Crippen LogP contribution is -2.29. The van der Waals surface area contributed by atoms with Gasteiger partial charge in [0, 0.05) is 5.02 Å². The second-order valence-electron chi connectivity index (χ2n) is 7.65. The molecule has 33 heavy (non-hydrogen) atoms. The van der Waals surface area contributed by atoms with Crippen molar-refractivity contribution in [2.24, 2.45) is 0 Å². The summed E-state index contributed by atoms with van der Waals surface area (Å²) in [5, 5.41) is 10.4. The van der Waals surface area contributed by atoms with E-state index in [1.54, 1.807) is 18.2 Å². The maximum absolute atomic E-state index is 13.6. The topological polar surface area (TPSA) is 85.5 Å². The van der Waals surface area contributed by atoms with E-state index in [-0.39, 0.29) is 16.8 Å². The van der Waals surface area contributed by atoms with Gasteiger partial charge in [0.15, 0.2) is 5.43 Å². The number of ether oxygens (including phenoxy) is 1. The molecular formula is C24H20ClN3O4S. The molecule has 7 nitrogen and oxygen atoms in total. The number of hydrogen-bond donors (Lipinski definition) is 0. The van der Waals surface area contributed by atoms with Gasteiger partial charge in [-0.1, -0.05) is 48.9 Å². The van der Waals surface area contributed by atoms with E-state index < -0.39 is 11.9 Å². The van der Waals surface area contributed by atoms with Crippen LogP contribution in [0.5, 0.6) is 5.75 Å². The number of amides is 1. The van der Waals surface area contributed by atoms with Crippen LogP contribution in [-0.4, -0.2) is 22.7 Å². The predicted molar refractivity (Wildman–Crippen MR) is 128 cm³/mol. The Bertz CT molecular complexity index is 1430. The summed E-state index contributed by atoms with van der Waals surface area (Å²) >= 11 is 7.47. The van der Waals surface area contributed by atoms with E-state index in [1.165, 1.54) is 16.2 Å². The van der Waals surface area contributed by atoms with Gasteiger partial charge in [0.1, 0.15) is 16.3 Å². The molecule has 0 saturated carbocycles. The standard InChI is InChI=1S/C24H20ClN3O4S/c1-3-10-31-15-7-5-6-13(11-15)20-19-21(29)16-12-14(25)8-9-17(16)32-22(19)23(30)28(20)24-27-26-18(4-2)33-24/h5-9,11-12,20H,3-4,10H2,1-2H3/t20-/m1/s1. The molecular weight excluding hydrogens is 462 g/mol. The molecule has 0 saturated heterocycles. The SMILES string of the molecule is CCCOc1cccc([C@@H]2c3c(oc4ccc(Cl)cc4c3=O)C(=O)N2c2nnc(CC)s2)c1. The normalized spacial score (nSPS) is 15.3. The highest BCUT2D eigenvalue weighted by Gasteiger charge is 2.45. The fraction of sp³-hybridized carbons (Fsp3) is 0.250. The lowest BCUT2D eigenvalue weighted by molar-refractivity contribution is 0.0970. The van der Waals surface area contributed by atoms with Gasteiger partial charge in [0.2, 0.25) is 10.9 Å². The second kappa shape index (κ2) is 8.61. The Morgan fingerprint density at radius 1 is 1.15 bits per heavy atom. The maximum atomic E-state index is 13.6. The first kappa shape index (κ1) is 21.6. The Morgan fingerprint density at radius 3 is 2.76 bits per heavy atom. The predicted octanol–water partition coefficient (Wildman–Crippen LogP) is 5.40. The van der Waals surface area contributed by atoms with Gasteiger partial charge in [-0.25, -0.2) is 0 Å². The van der Waals surface area contributed by atoms with Crippen molar-refractivity contribution in [1.82, 2.24) is 10.2 Å². The quantitative estimate of drug-likeness (QED) is 0.366. The van der Waals surface area contributed by atoms with Crippen LogP contribution in [0.1, 0.15) is 53.0 Å². The number of aromatic nitrogens is 2. The summed E-state index contributed by atoms with van der Waals surface area (Å²) in [5.41, 5.74) is 0.992. The van der Waals surface area contributed by atoms with E-state index in [4.69, 9.17) is 20.8 Å². The average Bonchev–Trinajstić information content (AvgIpc) is 3.41. The molecule has 0 fully saturated rings. The minimum Gasteiger partial charge on any atom is -0.494 e. The number of fused-ring (bicyclic) bond motifs is 2. The van der Waals surface area contributed by atoms with Crippen molar-refractivity contribution in [2.45, 2.75) is 32.7 Å². The van der Waals surface area contributed by atoms with E-state index in [9.17, 15) is 9.59 Å². The zero-order valence-corrected chi connectivity index (χ0v) is 19.6. The molecule has 0 aliphatic carbocycles. The number of rotatable bonds is 6. The molecule has 1 aliphatic rings. The first-order valence-corrected chi connectivity index (χ1v) is 11.9. The zero-order chi connectivity index (χ0) is 23.1. The van der Waals surface area contributed by atoms with Crippen LogP contribution < -0.4 is 15.1 Å². The van der Waals surface area contributed by atoms with Crippen molar-refractivity contribution in [1.29, 1.82) is 0 Å². The van der Waals surface area contributed by atoms with Crippen LogP contribution in [0, 0.1) is 0 Å². The second-order valence-corrected chi connectivity index (χ2v) is 9.12. The van der Waals surface area contributed by atoms with Crippen molar-refractivity contribution in [2.75, 3.05) is 11.5 Å². The number of nitrogens with zero attached hydrogens (tertiary/aromatic N) is 3. The third kappa shape index (κ3) is 3.69. The van der Waals surface area contributed by atoms with Crippen LogP contribution in [0.4, 0.5) is 5.13 Å². The first-order valence-electron chi connectivity index (χ1n) is 10.7. The molecule has 0 unspecified atom stereocenters. The molecule has 3 heterocycles. The molecule has 2 aromatic heterocycles. The largest absolute Gasteiger partial charge is 0.494 e. The van der Waals surface area contributed by atoms with Gasteiger partial charge in [0.05, 0.1) is 23.6 Å². The van der Waals surface area contributed by atoms with E-state index in [2.05, 4.69) is 10.2 Å². The Kier molecular flexibility index (Phi) is 5.64. The molecule has 168 valence electrons.